The minimum absolute atomic E-state index is 0.0198. The molecule has 2 rings (SSSR count). The molecule has 0 heterocycles. The standard InChI is InChI=1S/C15H13BrO2/c1-18-14-5-3-2-4-13(14)15(17)12-8-6-11(10-16)7-9-12/h2-9H,10H2,1H3. The van der Waals surface area contributed by atoms with Crippen LogP contribution in [-0.4, -0.2) is 12.9 Å². The normalized spacial score (nSPS) is 10.1. The van der Waals surface area contributed by atoms with E-state index in [1.807, 2.05) is 36.4 Å². The van der Waals surface area contributed by atoms with Crippen LogP contribution in [0.25, 0.3) is 0 Å². The maximum absolute atomic E-state index is 12.3. The van der Waals surface area contributed by atoms with Crippen LogP contribution in [-0.2, 0) is 5.33 Å². The van der Waals surface area contributed by atoms with Gasteiger partial charge >= 0.3 is 0 Å². The summed E-state index contributed by atoms with van der Waals surface area (Å²) in [6.07, 6.45) is 0. The highest BCUT2D eigenvalue weighted by Gasteiger charge is 2.13. The summed E-state index contributed by atoms with van der Waals surface area (Å²) in [7, 11) is 1.57. The average Bonchev–Trinajstić information content (AvgIpc) is 2.46. The summed E-state index contributed by atoms with van der Waals surface area (Å²) in [6, 6.07) is 14.8. The topological polar surface area (TPSA) is 26.3 Å². The molecule has 92 valence electrons. The van der Waals surface area contributed by atoms with E-state index >= 15 is 0 Å². The molecule has 2 nitrogen and oxygen atoms in total. The Morgan fingerprint density at radius 3 is 2.39 bits per heavy atom. The third kappa shape index (κ3) is 2.62. The van der Waals surface area contributed by atoms with Crippen LogP contribution >= 0.6 is 15.9 Å². The number of ether oxygens (including phenoxy) is 1. The zero-order valence-electron chi connectivity index (χ0n) is 10.0. The average molecular weight is 305 g/mol. The number of benzene rings is 2. The second-order valence-corrected chi connectivity index (χ2v) is 4.42. The Morgan fingerprint density at radius 2 is 1.78 bits per heavy atom. The van der Waals surface area contributed by atoms with E-state index in [1.165, 1.54) is 0 Å². The van der Waals surface area contributed by atoms with Gasteiger partial charge in [0.2, 0.25) is 0 Å². The van der Waals surface area contributed by atoms with Gasteiger partial charge in [-0.2, -0.15) is 0 Å². The number of rotatable bonds is 4. The fraction of sp³-hybridized carbons (Fsp3) is 0.133. The summed E-state index contributed by atoms with van der Waals surface area (Å²) in [5, 5.41) is 0.788. The molecule has 0 unspecified atom stereocenters. The van der Waals surface area contributed by atoms with Crippen molar-refractivity contribution in [3.8, 4) is 5.75 Å². The summed E-state index contributed by atoms with van der Waals surface area (Å²) >= 11 is 3.38. The first-order chi connectivity index (χ1) is 8.76. The van der Waals surface area contributed by atoms with Crippen molar-refractivity contribution >= 4 is 21.7 Å². The second-order valence-electron chi connectivity index (χ2n) is 3.86. The van der Waals surface area contributed by atoms with Crippen LogP contribution in [0.4, 0.5) is 0 Å². The van der Waals surface area contributed by atoms with Gasteiger partial charge in [0.25, 0.3) is 0 Å². The number of carbonyl (C=O) groups excluding carboxylic acids is 1. The van der Waals surface area contributed by atoms with Gasteiger partial charge in [0.05, 0.1) is 12.7 Å². The number of methoxy groups -OCH3 is 1. The minimum Gasteiger partial charge on any atom is -0.496 e. The fourth-order valence-electron chi connectivity index (χ4n) is 1.73. The van der Waals surface area contributed by atoms with E-state index in [-0.39, 0.29) is 5.78 Å². The second kappa shape index (κ2) is 5.83. The molecule has 0 saturated heterocycles. The van der Waals surface area contributed by atoms with E-state index in [1.54, 1.807) is 19.2 Å². The molecule has 0 aliphatic heterocycles. The molecule has 0 aliphatic rings. The van der Waals surface area contributed by atoms with Gasteiger partial charge in [-0.1, -0.05) is 52.3 Å². The Morgan fingerprint density at radius 1 is 1.11 bits per heavy atom. The smallest absolute Gasteiger partial charge is 0.196 e. The largest absolute Gasteiger partial charge is 0.496 e. The van der Waals surface area contributed by atoms with Gasteiger partial charge in [-0.15, -0.1) is 0 Å². The zero-order valence-corrected chi connectivity index (χ0v) is 11.6. The van der Waals surface area contributed by atoms with Gasteiger partial charge in [0.15, 0.2) is 5.78 Å². The first-order valence-electron chi connectivity index (χ1n) is 5.59. The maximum atomic E-state index is 12.3. The number of hydrogen-bond acceptors (Lipinski definition) is 2. The van der Waals surface area contributed by atoms with Crippen molar-refractivity contribution in [2.45, 2.75) is 5.33 Å². The lowest BCUT2D eigenvalue weighted by Crippen LogP contribution is -2.03. The summed E-state index contributed by atoms with van der Waals surface area (Å²) in [4.78, 5) is 12.3. The van der Waals surface area contributed by atoms with Crippen LogP contribution in [0.2, 0.25) is 0 Å². The van der Waals surface area contributed by atoms with Gasteiger partial charge < -0.3 is 4.74 Å². The van der Waals surface area contributed by atoms with E-state index < -0.39 is 0 Å². The molecule has 2 aromatic rings. The zero-order chi connectivity index (χ0) is 13.0. The summed E-state index contributed by atoms with van der Waals surface area (Å²) in [5.74, 6) is 0.584. The molecule has 18 heavy (non-hydrogen) atoms. The Hall–Kier alpha value is -1.61. The highest BCUT2D eigenvalue weighted by Crippen LogP contribution is 2.21. The number of para-hydroxylation sites is 1. The molecule has 0 bridgehead atoms. The number of carbonyl (C=O) groups is 1. The van der Waals surface area contributed by atoms with Gasteiger partial charge in [-0.25, -0.2) is 0 Å². The van der Waals surface area contributed by atoms with Gasteiger partial charge in [-0.05, 0) is 17.7 Å². The quantitative estimate of drug-likeness (QED) is 0.634. The Balaban J connectivity index is 2.35. The molecular weight excluding hydrogens is 292 g/mol. The van der Waals surface area contributed by atoms with Crippen LogP contribution < -0.4 is 4.74 Å². The predicted octanol–water partition coefficient (Wildman–Crippen LogP) is 3.82. The lowest BCUT2D eigenvalue weighted by Gasteiger charge is -2.07. The van der Waals surface area contributed by atoms with E-state index in [0.717, 1.165) is 10.9 Å². The number of ketones is 1. The van der Waals surface area contributed by atoms with Crippen LogP contribution in [0, 0.1) is 0 Å². The molecule has 0 spiro atoms. The molecule has 0 radical (unpaired) electrons. The SMILES string of the molecule is COc1ccccc1C(=O)c1ccc(CBr)cc1. The highest BCUT2D eigenvalue weighted by molar-refractivity contribution is 9.08. The lowest BCUT2D eigenvalue weighted by molar-refractivity contribution is 0.103. The summed E-state index contributed by atoms with van der Waals surface area (Å²) in [6.45, 7) is 0. The Kier molecular flexibility index (Phi) is 4.15. The fourth-order valence-corrected chi connectivity index (χ4v) is 2.11. The summed E-state index contributed by atoms with van der Waals surface area (Å²) < 4.78 is 5.20. The molecule has 0 amide bonds. The first-order valence-corrected chi connectivity index (χ1v) is 6.71. The Labute approximate surface area is 115 Å². The molecule has 0 fully saturated rings. The van der Waals surface area contributed by atoms with Crippen LogP contribution in [0.1, 0.15) is 21.5 Å². The van der Waals surface area contributed by atoms with Gasteiger partial charge in [-0.3, -0.25) is 4.79 Å². The minimum atomic E-state index is -0.0198. The van der Waals surface area contributed by atoms with Crippen molar-refractivity contribution in [3.63, 3.8) is 0 Å². The molecule has 3 heteroatoms. The molecule has 0 aromatic heterocycles. The van der Waals surface area contributed by atoms with Crippen molar-refractivity contribution in [2.24, 2.45) is 0 Å². The molecule has 0 N–H and O–H groups in total. The van der Waals surface area contributed by atoms with Crippen molar-refractivity contribution in [1.29, 1.82) is 0 Å². The van der Waals surface area contributed by atoms with Crippen LogP contribution in [0.3, 0.4) is 0 Å². The lowest BCUT2D eigenvalue weighted by atomic mass is 10.0. The summed E-state index contributed by atoms with van der Waals surface area (Å²) in [5.41, 5.74) is 2.40. The molecular formula is C15H13BrO2. The highest BCUT2D eigenvalue weighted by atomic mass is 79.9. The molecule has 0 aliphatic carbocycles. The maximum Gasteiger partial charge on any atom is 0.196 e. The van der Waals surface area contributed by atoms with Crippen molar-refractivity contribution in [2.75, 3.05) is 7.11 Å². The van der Waals surface area contributed by atoms with Crippen molar-refractivity contribution < 1.29 is 9.53 Å². The van der Waals surface area contributed by atoms with E-state index in [2.05, 4.69) is 15.9 Å². The van der Waals surface area contributed by atoms with E-state index in [0.29, 0.717) is 16.9 Å². The van der Waals surface area contributed by atoms with E-state index in [4.69, 9.17) is 4.74 Å². The third-order valence-corrected chi connectivity index (χ3v) is 3.37. The third-order valence-electron chi connectivity index (χ3n) is 2.72. The van der Waals surface area contributed by atoms with E-state index in [9.17, 15) is 4.79 Å². The van der Waals surface area contributed by atoms with Crippen LogP contribution in [0.5, 0.6) is 5.75 Å². The number of alkyl halides is 1. The van der Waals surface area contributed by atoms with Gasteiger partial charge in [0, 0.05) is 10.9 Å². The molecule has 2 aromatic carbocycles. The Bertz CT molecular complexity index is 547. The van der Waals surface area contributed by atoms with Crippen LogP contribution in [0.15, 0.2) is 48.5 Å². The first kappa shape index (κ1) is 12.8. The monoisotopic (exact) mass is 304 g/mol. The predicted molar refractivity (Wildman–Crippen MR) is 75.5 cm³/mol. The molecule has 0 saturated carbocycles. The van der Waals surface area contributed by atoms with Crippen molar-refractivity contribution in [1.82, 2.24) is 0 Å². The van der Waals surface area contributed by atoms with Gasteiger partial charge in [0.1, 0.15) is 5.75 Å². The van der Waals surface area contributed by atoms with Crippen molar-refractivity contribution in [3.05, 3.63) is 65.2 Å². The number of halogens is 1. The molecule has 0 atom stereocenters. The number of hydrogen-bond donors (Lipinski definition) is 0.